The largest absolute Gasteiger partial charge is 0.423 e. The molecule has 0 N–H and O–H groups in total. The lowest BCUT2D eigenvalue weighted by molar-refractivity contribution is 0.506. The maximum Gasteiger partial charge on any atom is 0.298 e. The number of hydrogen-bond acceptors (Lipinski definition) is 3. The number of benzene rings is 2. The number of anilines is 1. The summed E-state index contributed by atoms with van der Waals surface area (Å²) in [4.78, 5) is 6.08. The zero-order chi connectivity index (χ0) is 14.1. The summed E-state index contributed by atoms with van der Waals surface area (Å²) in [6, 6.07) is 11.7. The number of rotatable bonds is 3. The van der Waals surface area contributed by atoms with Crippen LogP contribution in [0.15, 0.2) is 46.9 Å². The molecule has 2 aromatic carbocycles. The Morgan fingerprint density at radius 1 is 1.10 bits per heavy atom. The average Bonchev–Trinajstić information content (AvgIpc) is 2.87. The van der Waals surface area contributed by atoms with Gasteiger partial charge in [0.25, 0.3) is 6.01 Å². The minimum absolute atomic E-state index is 0.379. The molecular formula is C15H12F2N2O. The normalized spacial score (nSPS) is 10.9. The van der Waals surface area contributed by atoms with Gasteiger partial charge in [-0.05, 0) is 29.8 Å². The van der Waals surface area contributed by atoms with Gasteiger partial charge in [-0.25, -0.2) is 8.78 Å². The molecule has 20 heavy (non-hydrogen) atoms. The minimum Gasteiger partial charge on any atom is -0.423 e. The Morgan fingerprint density at radius 3 is 2.65 bits per heavy atom. The van der Waals surface area contributed by atoms with Crippen molar-refractivity contribution in [2.45, 2.75) is 6.54 Å². The van der Waals surface area contributed by atoms with Crippen molar-refractivity contribution in [3.8, 4) is 0 Å². The first-order valence-electron chi connectivity index (χ1n) is 6.14. The fourth-order valence-corrected chi connectivity index (χ4v) is 2.00. The molecule has 1 heterocycles. The first-order valence-corrected chi connectivity index (χ1v) is 6.14. The van der Waals surface area contributed by atoms with E-state index in [1.165, 1.54) is 12.1 Å². The third kappa shape index (κ3) is 2.34. The molecule has 3 rings (SSSR count). The SMILES string of the molecule is CN(Cc1ccc(F)c(F)c1)c1nc2ccccc2o1. The predicted octanol–water partition coefficient (Wildman–Crippen LogP) is 3.74. The van der Waals surface area contributed by atoms with E-state index in [0.29, 0.717) is 23.7 Å². The van der Waals surface area contributed by atoms with Gasteiger partial charge in [0.15, 0.2) is 17.2 Å². The van der Waals surface area contributed by atoms with Crippen LogP contribution in [0.5, 0.6) is 0 Å². The second-order valence-corrected chi connectivity index (χ2v) is 4.57. The van der Waals surface area contributed by atoms with Crippen LogP contribution in [0.25, 0.3) is 11.1 Å². The Bertz CT molecular complexity index is 721. The van der Waals surface area contributed by atoms with E-state index in [1.54, 1.807) is 11.9 Å². The molecule has 5 heteroatoms. The molecule has 0 saturated heterocycles. The van der Waals surface area contributed by atoms with Crippen LogP contribution in [0.4, 0.5) is 14.8 Å². The number of hydrogen-bond donors (Lipinski definition) is 0. The van der Waals surface area contributed by atoms with Gasteiger partial charge in [0.05, 0.1) is 0 Å². The summed E-state index contributed by atoms with van der Waals surface area (Å²) in [5, 5.41) is 0. The summed E-state index contributed by atoms with van der Waals surface area (Å²) >= 11 is 0. The van der Waals surface area contributed by atoms with Gasteiger partial charge >= 0.3 is 0 Å². The van der Waals surface area contributed by atoms with Crippen molar-refractivity contribution in [1.29, 1.82) is 0 Å². The van der Waals surface area contributed by atoms with Crippen molar-refractivity contribution in [3.63, 3.8) is 0 Å². The maximum atomic E-state index is 13.2. The molecule has 0 atom stereocenters. The number of para-hydroxylation sites is 2. The van der Waals surface area contributed by atoms with E-state index in [-0.39, 0.29) is 0 Å². The molecule has 0 saturated carbocycles. The van der Waals surface area contributed by atoms with Crippen molar-refractivity contribution in [2.24, 2.45) is 0 Å². The highest BCUT2D eigenvalue weighted by Crippen LogP contribution is 2.22. The third-order valence-corrected chi connectivity index (χ3v) is 3.01. The van der Waals surface area contributed by atoms with Crippen LogP contribution >= 0.6 is 0 Å². The summed E-state index contributed by atoms with van der Waals surface area (Å²) in [6.45, 7) is 0.379. The van der Waals surface area contributed by atoms with Gasteiger partial charge in [0.2, 0.25) is 0 Å². The molecule has 102 valence electrons. The average molecular weight is 274 g/mol. The van der Waals surface area contributed by atoms with Crippen LogP contribution in [0, 0.1) is 11.6 Å². The lowest BCUT2D eigenvalue weighted by atomic mass is 10.2. The third-order valence-electron chi connectivity index (χ3n) is 3.01. The van der Waals surface area contributed by atoms with Gasteiger partial charge in [0, 0.05) is 13.6 Å². The van der Waals surface area contributed by atoms with Gasteiger partial charge in [-0.3, -0.25) is 0 Å². The molecular weight excluding hydrogens is 262 g/mol. The Kier molecular flexibility index (Phi) is 3.10. The van der Waals surface area contributed by atoms with E-state index in [1.807, 2.05) is 24.3 Å². The fraction of sp³-hybridized carbons (Fsp3) is 0.133. The van der Waals surface area contributed by atoms with Crippen molar-refractivity contribution in [1.82, 2.24) is 4.98 Å². The molecule has 1 aromatic heterocycles. The molecule has 3 aromatic rings. The topological polar surface area (TPSA) is 29.3 Å². The molecule has 0 radical (unpaired) electrons. The highest BCUT2D eigenvalue weighted by Gasteiger charge is 2.11. The second kappa shape index (κ2) is 4.92. The predicted molar refractivity (Wildman–Crippen MR) is 72.5 cm³/mol. The summed E-state index contributed by atoms with van der Waals surface area (Å²) in [7, 11) is 1.78. The molecule has 0 unspecified atom stereocenters. The lowest BCUT2D eigenvalue weighted by Crippen LogP contribution is -2.16. The number of aromatic nitrogens is 1. The summed E-state index contributed by atoms with van der Waals surface area (Å²) in [5.74, 6) is -1.70. The number of oxazole rings is 1. The van der Waals surface area contributed by atoms with E-state index < -0.39 is 11.6 Å². The van der Waals surface area contributed by atoms with Gasteiger partial charge in [-0.1, -0.05) is 18.2 Å². The van der Waals surface area contributed by atoms with E-state index in [4.69, 9.17) is 4.42 Å². The Morgan fingerprint density at radius 2 is 1.90 bits per heavy atom. The highest BCUT2D eigenvalue weighted by atomic mass is 19.2. The van der Waals surface area contributed by atoms with Gasteiger partial charge in [0.1, 0.15) is 5.52 Å². The second-order valence-electron chi connectivity index (χ2n) is 4.57. The van der Waals surface area contributed by atoms with Crippen LogP contribution in [0.1, 0.15) is 5.56 Å². The number of nitrogens with zero attached hydrogens (tertiary/aromatic N) is 2. The van der Waals surface area contributed by atoms with Crippen LogP contribution in [0.2, 0.25) is 0 Å². The molecule has 0 amide bonds. The molecule has 0 fully saturated rings. The zero-order valence-corrected chi connectivity index (χ0v) is 10.8. The summed E-state index contributed by atoms with van der Waals surface area (Å²) in [6.07, 6.45) is 0. The Labute approximate surface area is 114 Å². The maximum absolute atomic E-state index is 13.2. The van der Waals surface area contributed by atoms with Gasteiger partial charge in [-0.15, -0.1) is 0 Å². The van der Waals surface area contributed by atoms with Crippen LogP contribution in [-0.2, 0) is 6.54 Å². The Hall–Kier alpha value is -2.43. The molecule has 0 aliphatic heterocycles. The van der Waals surface area contributed by atoms with Crippen LogP contribution < -0.4 is 4.90 Å². The zero-order valence-electron chi connectivity index (χ0n) is 10.8. The Balaban J connectivity index is 1.84. The van der Waals surface area contributed by atoms with Crippen molar-refractivity contribution < 1.29 is 13.2 Å². The number of halogens is 2. The first-order chi connectivity index (χ1) is 9.63. The minimum atomic E-state index is -0.853. The van der Waals surface area contributed by atoms with Crippen LogP contribution in [-0.4, -0.2) is 12.0 Å². The molecule has 0 spiro atoms. The smallest absolute Gasteiger partial charge is 0.298 e. The molecule has 0 aliphatic rings. The molecule has 3 nitrogen and oxygen atoms in total. The van der Waals surface area contributed by atoms with Crippen molar-refractivity contribution >= 4 is 17.1 Å². The standard InChI is InChI=1S/C15H12F2N2O/c1-19(9-10-6-7-11(16)12(17)8-10)15-18-13-4-2-3-5-14(13)20-15/h2-8H,9H2,1H3. The van der Waals surface area contributed by atoms with Crippen molar-refractivity contribution in [3.05, 3.63) is 59.7 Å². The van der Waals surface area contributed by atoms with Gasteiger partial charge in [-0.2, -0.15) is 4.98 Å². The molecule has 0 bridgehead atoms. The van der Waals surface area contributed by atoms with Crippen LogP contribution in [0.3, 0.4) is 0 Å². The monoisotopic (exact) mass is 274 g/mol. The van der Waals surface area contributed by atoms with E-state index in [2.05, 4.69) is 4.98 Å². The van der Waals surface area contributed by atoms with E-state index in [0.717, 1.165) is 11.6 Å². The van der Waals surface area contributed by atoms with E-state index in [9.17, 15) is 8.78 Å². The van der Waals surface area contributed by atoms with E-state index >= 15 is 0 Å². The first kappa shape index (κ1) is 12.6. The van der Waals surface area contributed by atoms with Crippen molar-refractivity contribution in [2.75, 3.05) is 11.9 Å². The van der Waals surface area contributed by atoms with Gasteiger partial charge < -0.3 is 9.32 Å². The molecule has 0 aliphatic carbocycles. The number of fused-ring (bicyclic) bond motifs is 1. The fourth-order valence-electron chi connectivity index (χ4n) is 2.00. The summed E-state index contributed by atoms with van der Waals surface area (Å²) in [5.41, 5.74) is 2.10. The highest BCUT2D eigenvalue weighted by molar-refractivity contribution is 5.74. The lowest BCUT2D eigenvalue weighted by Gasteiger charge is -2.14. The summed E-state index contributed by atoms with van der Waals surface area (Å²) < 4.78 is 31.6. The quantitative estimate of drug-likeness (QED) is 0.728.